The first kappa shape index (κ1) is 14.2. The number of thiophene rings is 1. The molecule has 2 heterocycles. The van der Waals surface area contributed by atoms with Crippen molar-refractivity contribution in [3.8, 4) is 6.07 Å². The van der Waals surface area contributed by atoms with E-state index in [1.807, 2.05) is 13.8 Å². The number of aromatic nitrogens is 2. The van der Waals surface area contributed by atoms with Crippen LogP contribution in [0, 0.1) is 25.2 Å². The van der Waals surface area contributed by atoms with Gasteiger partial charge in [-0.1, -0.05) is 0 Å². The molecule has 0 aromatic carbocycles. The second-order valence-corrected chi connectivity index (χ2v) is 5.61. The molecule has 104 valence electrons. The molecule has 20 heavy (non-hydrogen) atoms. The lowest BCUT2D eigenvalue weighted by Crippen LogP contribution is -2.27. The molecule has 0 aliphatic heterocycles. The number of esters is 1. The number of nitrogens with zero attached hydrogens (tertiary/aromatic N) is 3. The van der Waals surface area contributed by atoms with Crippen molar-refractivity contribution in [2.75, 3.05) is 0 Å². The minimum Gasteiger partial charge on any atom is -0.446 e. The van der Waals surface area contributed by atoms with Gasteiger partial charge in [-0.05, 0) is 26.3 Å². The van der Waals surface area contributed by atoms with Gasteiger partial charge in [0.2, 0.25) is 0 Å². The Hall–Kier alpha value is -2.20. The van der Waals surface area contributed by atoms with Gasteiger partial charge in [-0.25, -0.2) is 4.98 Å². The van der Waals surface area contributed by atoms with E-state index in [-0.39, 0.29) is 12.1 Å². The van der Waals surface area contributed by atoms with Crippen LogP contribution in [-0.2, 0) is 16.1 Å². The molecule has 6 nitrogen and oxygen atoms in total. The fourth-order valence-corrected chi connectivity index (χ4v) is 2.77. The predicted molar refractivity (Wildman–Crippen MR) is 74.5 cm³/mol. The first-order valence-corrected chi connectivity index (χ1v) is 6.80. The highest BCUT2D eigenvalue weighted by molar-refractivity contribution is 7.18. The molecule has 0 radical (unpaired) electrons. The van der Waals surface area contributed by atoms with Gasteiger partial charge >= 0.3 is 5.97 Å². The van der Waals surface area contributed by atoms with Gasteiger partial charge in [-0.3, -0.25) is 14.2 Å². The Morgan fingerprint density at radius 2 is 2.30 bits per heavy atom. The van der Waals surface area contributed by atoms with Crippen molar-refractivity contribution in [1.29, 1.82) is 5.26 Å². The van der Waals surface area contributed by atoms with E-state index >= 15 is 0 Å². The van der Waals surface area contributed by atoms with Crippen molar-refractivity contribution in [2.45, 2.75) is 33.4 Å². The molecular weight excluding hydrogens is 278 g/mol. The zero-order valence-electron chi connectivity index (χ0n) is 11.3. The van der Waals surface area contributed by atoms with Gasteiger partial charge < -0.3 is 4.74 Å². The summed E-state index contributed by atoms with van der Waals surface area (Å²) in [5.74, 6) is -0.632. The van der Waals surface area contributed by atoms with Crippen LogP contribution in [0.15, 0.2) is 11.1 Å². The quantitative estimate of drug-likeness (QED) is 0.801. The standard InChI is InChI=1S/C13H13N3O3S/c1-7(4-14)19-10(17)5-16-6-15-12-11(13(16)18)8(2)9(3)20-12/h6-7H,5H2,1-3H3/t7-/m0/s1. The van der Waals surface area contributed by atoms with Crippen LogP contribution >= 0.6 is 11.3 Å². The van der Waals surface area contributed by atoms with Crippen molar-refractivity contribution < 1.29 is 9.53 Å². The first-order chi connectivity index (χ1) is 9.43. The van der Waals surface area contributed by atoms with E-state index in [1.54, 1.807) is 6.07 Å². The lowest BCUT2D eigenvalue weighted by molar-refractivity contribution is -0.146. The highest BCUT2D eigenvalue weighted by Gasteiger charge is 2.15. The van der Waals surface area contributed by atoms with Gasteiger partial charge in [0.25, 0.3) is 5.56 Å². The van der Waals surface area contributed by atoms with E-state index in [2.05, 4.69) is 4.98 Å². The summed E-state index contributed by atoms with van der Waals surface area (Å²) in [6, 6.07) is 1.79. The average molecular weight is 291 g/mol. The highest BCUT2D eigenvalue weighted by atomic mass is 32.1. The summed E-state index contributed by atoms with van der Waals surface area (Å²) in [7, 11) is 0. The molecule has 1 atom stereocenters. The molecule has 0 spiro atoms. The molecule has 0 fully saturated rings. The minimum absolute atomic E-state index is 0.248. The maximum Gasteiger partial charge on any atom is 0.327 e. The Morgan fingerprint density at radius 1 is 1.60 bits per heavy atom. The summed E-state index contributed by atoms with van der Waals surface area (Å²) in [4.78, 5) is 29.8. The Morgan fingerprint density at radius 3 is 2.95 bits per heavy atom. The largest absolute Gasteiger partial charge is 0.446 e. The van der Waals surface area contributed by atoms with E-state index < -0.39 is 12.1 Å². The van der Waals surface area contributed by atoms with E-state index in [1.165, 1.54) is 29.2 Å². The molecule has 2 aromatic rings. The van der Waals surface area contributed by atoms with Crippen molar-refractivity contribution in [3.05, 3.63) is 27.1 Å². The number of carbonyl (C=O) groups is 1. The van der Waals surface area contributed by atoms with Gasteiger partial charge in [0.1, 0.15) is 17.4 Å². The Kier molecular flexibility index (Phi) is 3.86. The molecule has 0 N–H and O–H groups in total. The summed E-state index contributed by atoms with van der Waals surface area (Å²) in [6.07, 6.45) is 0.498. The SMILES string of the molecule is Cc1sc2ncn(CC(=O)O[C@@H](C)C#N)c(=O)c2c1C. The number of nitriles is 1. The second-order valence-electron chi connectivity index (χ2n) is 4.40. The maximum absolute atomic E-state index is 12.3. The van der Waals surface area contributed by atoms with Crippen molar-refractivity contribution >= 4 is 27.5 Å². The van der Waals surface area contributed by atoms with E-state index in [0.717, 1.165) is 10.4 Å². The van der Waals surface area contributed by atoms with E-state index in [9.17, 15) is 9.59 Å². The monoisotopic (exact) mass is 291 g/mol. The van der Waals surface area contributed by atoms with E-state index in [0.29, 0.717) is 10.2 Å². The van der Waals surface area contributed by atoms with Crippen LogP contribution in [0.3, 0.4) is 0 Å². The summed E-state index contributed by atoms with van der Waals surface area (Å²) in [5, 5.41) is 9.12. The van der Waals surface area contributed by atoms with Gasteiger partial charge in [0.05, 0.1) is 11.7 Å². The fraction of sp³-hybridized carbons (Fsp3) is 0.385. The number of carbonyl (C=O) groups excluding carboxylic acids is 1. The van der Waals surface area contributed by atoms with Crippen molar-refractivity contribution in [1.82, 2.24) is 9.55 Å². The molecule has 0 bridgehead atoms. The lowest BCUT2D eigenvalue weighted by Gasteiger charge is -2.07. The number of hydrogen-bond donors (Lipinski definition) is 0. The first-order valence-electron chi connectivity index (χ1n) is 5.98. The van der Waals surface area contributed by atoms with Crippen LogP contribution < -0.4 is 5.56 Å². The molecule has 0 amide bonds. The molecule has 0 aliphatic carbocycles. The molecule has 2 rings (SSSR count). The zero-order valence-corrected chi connectivity index (χ0v) is 12.2. The predicted octanol–water partition coefficient (Wildman–Crippen LogP) is 1.53. The number of aryl methyl sites for hydroxylation is 2. The van der Waals surface area contributed by atoms with Crippen LogP contribution in [0.5, 0.6) is 0 Å². The third-order valence-corrected chi connectivity index (χ3v) is 4.06. The van der Waals surface area contributed by atoms with E-state index in [4.69, 9.17) is 10.00 Å². The highest BCUT2D eigenvalue weighted by Crippen LogP contribution is 2.25. The van der Waals surface area contributed by atoms with Crippen LogP contribution in [0.2, 0.25) is 0 Å². The summed E-state index contributed by atoms with van der Waals surface area (Å²) < 4.78 is 6.02. The molecule has 0 aliphatic rings. The summed E-state index contributed by atoms with van der Waals surface area (Å²) >= 11 is 1.45. The normalized spacial score (nSPS) is 12.1. The lowest BCUT2D eigenvalue weighted by atomic mass is 10.2. The van der Waals surface area contributed by atoms with Gasteiger partial charge in [0, 0.05) is 4.88 Å². The Bertz CT molecular complexity index is 769. The van der Waals surface area contributed by atoms with Crippen LogP contribution in [-0.4, -0.2) is 21.6 Å². The van der Waals surface area contributed by atoms with Gasteiger partial charge in [-0.15, -0.1) is 11.3 Å². The van der Waals surface area contributed by atoms with Crippen molar-refractivity contribution in [2.24, 2.45) is 0 Å². The number of hydrogen-bond acceptors (Lipinski definition) is 6. The van der Waals surface area contributed by atoms with Gasteiger partial charge in [0.15, 0.2) is 6.10 Å². The molecule has 7 heteroatoms. The van der Waals surface area contributed by atoms with Gasteiger partial charge in [-0.2, -0.15) is 5.26 Å². The number of fused-ring (bicyclic) bond motifs is 1. The number of rotatable bonds is 3. The Balaban J connectivity index is 2.35. The van der Waals surface area contributed by atoms with Crippen molar-refractivity contribution in [3.63, 3.8) is 0 Å². The summed E-state index contributed by atoms with van der Waals surface area (Å²) in [6.45, 7) is 5.00. The Labute approximate surface area is 119 Å². The molecule has 0 saturated heterocycles. The van der Waals surface area contributed by atoms with Crippen LogP contribution in [0.25, 0.3) is 10.2 Å². The molecule has 0 saturated carbocycles. The maximum atomic E-state index is 12.3. The third-order valence-electron chi connectivity index (χ3n) is 2.95. The average Bonchev–Trinajstić information content (AvgIpc) is 2.69. The van der Waals surface area contributed by atoms with Crippen LogP contribution in [0.1, 0.15) is 17.4 Å². The molecule has 0 unspecified atom stereocenters. The topological polar surface area (TPSA) is 85.0 Å². The second kappa shape index (κ2) is 5.43. The molecule has 2 aromatic heterocycles. The molecular formula is C13H13N3O3S. The number of ether oxygens (including phenoxy) is 1. The fourth-order valence-electron chi connectivity index (χ4n) is 1.78. The van der Waals surface area contributed by atoms with Crippen LogP contribution in [0.4, 0.5) is 0 Å². The smallest absolute Gasteiger partial charge is 0.327 e. The zero-order chi connectivity index (χ0) is 14.9. The summed E-state index contributed by atoms with van der Waals surface area (Å²) in [5.41, 5.74) is 0.619. The minimum atomic E-state index is -0.833. The third kappa shape index (κ3) is 2.56.